The van der Waals surface area contributed by atoms with Gasteiger partial charge in [0.1, 0.15) is 12.2 Å². The molecule has 4 atom stereocenters. The van der Waals surface area contributed by atoms with Gasteiger partial charge in [-0.15, -0.1) is 0 Å². The van der Waals surface area contributed by atoms with Gasteiger partial charge in [0.25, 0.3) is 5.91 Å². The monoisotopic (exact) mass is 454 g/mol. The number of benzene rings is 2. The van der Waals surface area contributed by atoms with Crippen LogP contribution in [0.3, 0.4) is 0 Å². The lowest BCUT2D eigenvalue weighted by molar-refractivity contribution is 0.00862. The van der Waals surface area contributed by atoms with Crippen LogP contribution in [0, 0.1) is 0 Å². The van der Waals surface area contributed by atoms with Crippen LogP contribution >= 0.6 is 0 Å². The van der Waals surface area contributed by atoms with Crippen molar-refractivity contribution in [3.63, 3.8) is 0 Å². The van der Waals surface area contributed by atoms with E-state index in [-0.39, 0.29) is 32.0 Å². The molecule has 9 heteroatoms. The lowest BCUT2D eigenvalue weighted by Crippen LogP contribution is -2.44. The molecule has 0 spiro atoms. The summed E-state index contributed by atoms with van der Waals surface area (Å²) in [6, 6.07) is 12.3. The molecule has 9 nitrogen and oxygen atoms in total. The lowest BCUT2D eigenvalue weighted by Gasteiger charge is -2.18. The first-order valence-electron chi connectivity index (χ1n) is 11.0. The second-order valence-electron chi connectivity index (χ2n) is 8.59. The number of ether oxygens (including phenoxy) is 5. The van der Waals surface area contributed by atoms with E-state index in [0.717, 1.165) is 0 Å². The van der Waals surface area contributed by atoms with Gasteiger partial charge in [-0.05, 0) is 41.8 Å². The molecule has 33 heavy (non-hydrogen) atoms. The molecule has 2 N–H and O–H groups in total. The van der Waals surface area contributed by atoms with Crippen LogP contribution in [0.25, 0.3) is 0 Å². The van der Waals surface area contributed by atoms with Gasteiger partial charge in [-0.2, -0.15) is 0 Å². The van der Waals surface area contributed by atoms with Crippen LogP contribution in [-0.4, -0.2) is 56.4 Å². The van der Waals surface area contributed by atoms with Gasteiger partial charge >= 0.3 is 6.09 Å². The fraction of sp³-hybridized carbons (Fsp3) is 0.417. The van der Waals surface area contributed by atoms with Gasteiger partial charge < -0.3 is 29.0 Å². The molecule has 0 saturated carbocycles. The van der Waals surface area contributed by atoms with Gasteiger partial charge in [0.2, 0.25) is 6.79 Å². The Kier molecular flexibility index (Phi) is 5.82. The van der Waals surface area contributed by atoms with E-state index in [1.807, 2.05) is 24.3 Å². The van der Waals surface area contributed by atoms with Crippen LogP contribution in [0.2, 0.25) is 0 Å². The summed E-state index contributed by atoms with van der Waals surface area (Å²) >= 11 is 0. The van der Waals surface area contributed by atoms with Crippen LogP contribution in [0.15, 0.2) is 42.5 Å². The Morgan fingerprint density at radius 2 is 1.73 bits per heavy atom. The summed E-state index contributed by atoms with van der Waals surface area (Å²) in [5.74, 6) is 1.30. The molecular weight excluding hydrogens is 428 g/mol. The Labute approximate surface area is 191 Å². The molecule has 2 aromatic rings. The number of carbonyl (C=O) groups excluding carboxylic acids is 2. The molecule has 3 heterocycles. The zero-order valence-corrected chi connectivity index (χ0v) is 18.4. The molecular formula is C24H26N2O7. The topological polar surface area (TPSA) is 104 Å². The molecule has 0 bridgehead atoms. The summed E-state index contributed by atoms with van der Waals surface area (Å²) in [5.41, 5.74) is 2.30. The van der Waals surface area contributed by atoms with Gasteiger partial charge in [0, 0.05) is 11.3 Å². The second-order valence-corrected chi connectivity index (χ2v) is 8.59. The van der Waals surface area contributed by atoms with E-state index in [1.54, 1.807) is 18.2 Å². The Bertz CT molecular complexity index is 1040. The minimum atomic E-state index is -0.571. The summed E-state index contributed by atoms with van der Waals surface area (Å²) < 4.78 is 27.8. The number of amides is 2. The molecule has 2 saturated heterocycles. The third kappa shape index (κ3) is 4.46. The predicted octanol–water partition coefficient (Wildman–Crippen LogP) is 3.05. The number of carbonyl (C=O) groups is 2. The molecule has 2 amide bonds. The van der Waals surface area contributed by atoms with Crippen molar-refractivity contribution in [1.29, 1.82) is 0 Å². The number of hydrogen-bond acceptors (Lipinski definition) is 7. The normalized spacial score (nSPS) is 25.1. The van der Waals surface area contributed by atoms with Crippen molar-refractivity contribution in [2.45, 2.75) is 44.1 Å². The Balaban J connectivity index is 1.15. The van der Waals surface area contributed by atoms with Crippen molar-refractivity contribution in [2.75, 3.05) is 25.3 Å². The van der Waals surface area contributed by atoms with Gasteiger partial charge in [-0.1, -0.05) is 26.0 Å². The molecule has 2 aromatic carbocycles. The predicted molar refractivity (Wildman–Crippen MR) is 118 cm³/mol. The van der Waals surface area contributed by atoms with Gasteiger partial charge in [0.05, 0.1) is 19.3 Å². The average molecular weight is 454 g/mol. The maximum Gasteiger partial charge on any atom is 0.412 e. The molecule has 3 aliphatic heterocycles. The molecule has 0 aromatic heterocycles. The van der Waals surface area contributed by atoms with E-state index in [2.05, 4.69) is 24.5 Å². The smallest absolute Gasteiger partial charge is 0.412 e. The average Bonchev–Trinajstić information content (AvgIpc) is 3.52. The molecule has 0 unspecified atom stereocenters. The van der Waals surface area contributed by atoms with Crippen molar-refractivity contribution in [3.05, 3.63) is 53.6 Å². The zero-order valence-electron chi connectivity index (χ0n) is 18.4. The van der Waals surface area contributed by atoms with E-state index in [9.17, 15) is 9.59 Å². The minimum absolute atomic E-state index is 0.146. The lowest BCUT2D eigenvalue weighted by atomic mass is 10.0. The van der Waals surface area contributed by atoms with Crippen molar-refractivity contribution < 1.29 is 33.3 Å². The largest absolute Gasteiger partial charge is 0.454 e. The number of hydrogen-bond donors (Lipinski definition) is 2. The van der Waals surface area contributed by atoms with Crippen molar-refractivity contribution in [2.24, 2.45) is 0 Å². The number of nitrogens with one attached hydrogen (secondary N) is 2. The van der Waals surface area contributed by atoms with Gasteiger partial charge in [0.15, 0.2) is 17.6 Å². The summed E-state index contributed by atoms with van der Waals surface area (Å²) in [6.07, 6.45) is -1.97. The number of anilines is 1. The summed E-state index contributed by atoms with van der Waals surface area (Å²) in [4.78, 5) is 25.1. The molecule has 174 valence electrons. The molecule has 0 aliphatic carbocycles. The SMILES string of the molecule is CC(C)c1ccc(NC(=O)O[C@H]2CO[C@@H]3[C@@H]2OC[C@@H]3NC(=O)c2ccc3c(c2)OCO3)cc1. The maximum absolute atomic E-state index is 12.7. The highest BCUT2D eigenvalue weighted by atomic mass is 16.7. The summed E-state index contributed by atoms with van der Waals surface area (Å²) in [6.45, 7) is 4.83. The molecule has 5 rings (SSSR count). The molecule has 2 fully saturated rings. The standard InChI is InChI=1S/C24H26N2O7/c1-13(2)14-3-6-16(7-4-14)25-24(28)33-20-11-30-21-17(10-29-22(20)21)26-23(27)15-5-8-18-19(9-15)32-12-31-18/h3-9,13,17,20-22H,10-12H2,1-2H3,(H,25,28)(H,26,27)/t17-,20-,21-,22+/m0/s1. The van der Waals surface area contributed by atoms with Crippen LogP contribution in [-0.2, 0) is 14.2 Å². The fourth-order valence-corrected chi connectivity index (χ4v) is 4.21. The second kappa shape index (κ2) is 8.92. The highest BCUT2D eigenvalue weighted by Crippen LogP contribution is 2.33. The van der Waals surface area contributed by atoms with E-state index < -0.39 is 24.4 Å². The third-order valence-corrected chi connectivity index (χ3v) is 6.04. The molecule has 3 aliphatic rings. The van der Waals surface area contributed by atoms with Gasteiger partial charge in [-0.25, -0.2) is 4.79 Å². The van der Waals surface area contributed by atoms with E-state index in [4.69, 9.17) is 23.7 Å². The first-order valence-corrected chi connectivity index (χ1v) is 11.0. The van der Waals surface area contributed by atoms with E-state index in [1.165, 1.54) is 5.56 Å². The first kappa shape index (κ1) is 21.5. The number of rotatable bonds is 5. The maximum atomic E-state index is 12.7. The van der Waals surface area contributed by atoms with Crippen molar-refractivity contribution in [3.8, 4) is 11.5 Å². The Morgan fingerprint density at radius 3 is 2.52 bits per heavy atom. The van der Waals surface area contributed by atoms with Crippen LogP contribution in [0.1, 0.15) is 35.7 Å². The summed E-state index contributed by atoms with van der Waals surface area (Å²) in [7, 11) is 0. The van der Waals surface area contributed by atoms with Crippen molar-refractivity contribution in [1.82, 2.24) is 5.32 Å². The Morgan fingerprint density at radius 1 is 0.970 bits per heavy atom. The highest BCUT2D eigenvalue weighted by Gasteiger charge is 2.50. The summed E-state index contributed by atoms with van der Waals surface area (Å²) in [5, 5.41) is 5.68. The van der Waals surface area contributed by atoms with Gasteiger partial charge in [-0.3, -0.25) is 10.1 Å². The van der Waals surface area contributed by atoms with E-state index in [0.29, 0.717) is 28.7 Å². The highest BCUT2D eigenvalue weighted by molar-refractivity contribution is 5.95. The molecule has 0 radical (unpaired) electrons. The zero-order chi connectivity index (χ0) is 22.9. The van der Waals surface area contributed by atoms with Crippen molar-refractivity contribution >= 4 is 17.7 Å². The quantitative estimate of drug-likeness (QED) is 0.716. The minimum Gasteiger partial charge on any atom is -0.454 e. The van der Waals surface area contributed by atoms with Crippen LogP contribution in [0.4, 0.5) is 10.5 Å². The third-order valence-electron chi connectivity index (χ3n) is 6.04. The van der Waals surface area contributed by atoms with Crippen LogP contribution in [0.5, 0.6) is 11.5 Å². The number of fused-ring (bicyclic) bond motifs is 2. The first-order chi connectivity index (χ1) is 16.0. The fourth-order valence-electron chi connectivity index (χ4n) is 4.21. The van der Waals surface area contributed by atoms with E-state index >= 15 is 0 Å². The van der Waals surface area contributed by atoms with Crippen LogP contribution < -0.4 is 20.1 Å². The Hall–Kier alpha value is -3.30.